The van der Waals surface area contributed by atoms with Crippen molar-refractivity contribution in [3.63, 3.8) is 0 Å². The zero-order valence-corrected chi connectivity index (χ0v) is 34.5. The number of hydrogen-bond donors (Lipinski definition) is 1. The number of furan rings is 2. The molecule has 0 saturated carbocycles. The molecule has 7 heteroatoms. The third-order valence-corrected chi connectivity index (χ3v) is 13.7. The van der Waals surface area contributed by atoms with Crippen LogP contribution in [0.4, 0.5) is 0 Å². The first-order valence-corrected chi connectivity index (χ1v) is 21.9. The van der Waals surface area contributed by atoms with E-state index < -0.39 is 0 Å². The Balaban J connectivity index is 0.953. The number of benzene rings is 10. The van der Waals surface area contributed by atoms with Crippen LogP contribution in [-0.2, 0) is 6.42 Å². The largest absolute Gasteiger partial charge is 0.507 e. The number of nitrogens with zero attached hydrogens (tertiary/aromatic N) is 4. The molecular formula is C58H32N4O3. The van der Waals surface area contributed by atoms with Crippen LogP contribution in [0.25, 0.3) is 138 Å². The highest BCUT2D eigenvalue weighted by molar-refractivity contribution is 6.34. The van der Waals surface area contributed by atoms with Crippen molar-refractivity contribution in [3.8, 4) is 56.7 Å². The third kappa shape index (κ3) is 4.86. The van der Waals surface area contributed by atoms with Crippen LogP contribution in [0.5, 0.6) is 5.75 Å². The summed E-state index contributed by atoms with van der Waals surface area (Å²) in [6.07, 6.45) is 0.788. The summed E-state index contributed by atoms with van der Waals surface area (Å²) in [5.74, 6) is 1.93. The summed E-state index contributed by atoms with van der Waals surface area (Å²) >= 11 is 0. The smallest absolute Gasteiger partial charge is 0.164 e. The molecule has 302 valence electrons. The molecule has 65 heavy (non-hydrogen) atoms. The normalized spacial score (nSPS) is 12.6. The lowest BCUT2D eigenvalue weighted by molar-refractivity contribution is 0.477. The molecule has 0 fully saturated rings. The molecule has 0 spiro atoms. The minimum atomic E-state index is 0.264. The molecule has 1 N–H and O–H groups in total. The van der Waals surface area contributed by atoms with Crippen LogP contribution < -0.4 is 0 Å². The van der Waals surface area contributed by atoms with E-state index in [9.17, 15) is 5.11 Å². The molecule has 10 aromatic carbocycles. The molecule has 0 saturated heterocycles. The monoisotopic (exact) mass is 832 g/mol. The summed E-state index contributed by atoms with van der Waals surface area (Å²) in [5, 5.41) is 22.3. The molecule has 0 atom stereocenters. The van der Waals surface area contributed by atoms with E-state index in [1.807, 2.05) is 54.6 Å². The Hall–Kier alpha value is -8.81. The number of phenols is 1. The second-order valence-electron chi connectivity index (χ2n) is 17.2. The Morgan fingerprint density at radius 2 is 0.969 bits per heavy atom. The van der Waals surface area contributed by atoms with E-state index in [0.717, 1.165) is 94.8 Å². The summed E-state index contributed by atoms with van der Waals surface area (Å²) in [5.41, 5.74) is 13.3. The molecule has 0 radical (unpaired) electrons. The zero-order chi connectivity index (χ0) is 42.5. The van der Waals surface area contributed by atoms with Crippen molar-refractivity contribution in [1.82, 2.24) is 19.5 Å². The van der Waals surface area contributed by atoms with E-state index in [2.05, 4.69) is 120 Å². The summed E-state index contributed by atoms with van der Waals surface area (Å²) in [4.78, 5) is 15.8. The fourth-order valence-corrected chi connectivity index (χ4v) is 10.7. The summed E-state index contributed by atoms with van der Waals surface area (Å²) < 4.78 is 15.4. The van der Waals surface area contributed by atoms with Crippen molar-refractivity contribution >= 4 is 87.2 Å². The van der Waals surface area contributed by atoms with Gasteiger partial charge in [-0.2, -0.15) is 0 Å². The molecule has 4 aromatic heterocycles. The van der Waals surface area contributed by atoms with Crippen molar-refractivity contribution in [2.75, 3.05) is 0 Å². The van der Waals surface area contributed by atoms with Gasteiger partial charge in [0.25, 0.3) is 0 Å². The molecule has 14 aromatic rings. The van der Waals surface area contributed by atoms with Crippen LogP contribution in [0.2, 0.25) is 0 Å². The van der Waals surface area contributed by atoms with Crippen molar-refractivity contribution in [2.45, 2.75) is 6.42 Å². The Morgan fingerprint density at radius 3 is 1.77 bits per heavy atom. The lowest BCUT2D eigenvalue weighted by Crippen LogP contribution is -2.00. The van der Waals surface area contributed by atoms with E-state index in [4.69, 9.17) is 23.8 Å². The molecule has 0 aliphatic heterocycles. The highest BCUT2D eigenvalue weighted by Crippen LogP contribution is 2.48. The number of aromatic hydroxyl groups is 1. The number of para-hydroxylation sites is 2. The standard InChI is InChI=1S/C58H32N4O3/c63-48-19-5-3-12-36(48)35-25-26-41(44-30-43(35)44)57-59-56(31-22-24-38-37-13-4-6-20-49(37)65-52(38)28-31)60-58(61-57)42-16-9-21-51-53(42)45-29-32(23-27-50(45)64-51)62-46-17-7-14-39-33-10-1-2-11-34(33)40-15-8-18-47(62)55(40)54(39)46/h1-29,63H,30H2. The second-order valence-corrected chi connectivity index (χ2v) is 17.2. The van der Waals surface area contributed by atoms with Gasteiger partial charge >= 0.3 is 0 Å². The molecular weight excluding hydrogens is 801 g/mol. The number of fused-ring (bicyclic) bond motifs is 10. The zero-order valence-electron chi connectivity index (χ0n) is 34.5. The highest BCUT2D eigenvalue weighted by atomic mass is 16.3. The Kier molecular flexibility index (Phi) is 6.76. The molecule has 1 aliphatic carbocycles. The first kappa shape index (κ1) is 34.7. The van der Waals surface area contributed by atoms with Gasteiger partial charge in [-0.3, -0.25) is 0 Å². The SMILES string of the molecule is Oc1ccccc1-c1ccc(-c2nc(-c3ccc4c(c3)oc3ccccc34)nc(-c3cccc4oc5ccc(-n6c7cccc8c9ccccc9c9cccc6c9c87)cc5c34)n2)c2c1C2. The lowest BCUT2D eigenvalue weighted by atomic mass is 9.95. The summed E-state index contributed by atoms with van der Waals surface area (Å²) in [6.45, 7) is 0. The topological polar surface area (TPSA) is 90.1 Å². The number of hydrogen-bond acceptors (Lipinski definition) is 6. The maximum absolute atomic E-state index is 10.8. The van der Waals surface area contributed by atoms with E-state index in [1.54, 1.807) is 6.07 Å². The summed E-state index contributed by atoms with van der Waals surface area (Å²) in [6, 6.07) is 60.6. The van der Waals surface area contributed by atoms with E-state index in [1.165, 1.54) is 43.4 Å². The van der Waals surface area contributed by atoms with Gasteiger partial charge in [-0.25, -0.2) is 15.0 Å². The quantitative estimate of drug-likeness (QED) is 0.174. The van der Waals surface area contributed by atoms with Crippen LogP contribution in [0.1, 0.15) is 11.1 Å². The van der Waals surface area contributed by atoms with Gasteiger partial charge in [0.1, 0.15) is 28.1 Å². The summed E-state index contributed by atoms with van der Waals surface area (Å²) in [7, 11) is 0. The third-order valence-electron chi connectivity index (χ3n) is 13.7. The number of rotatable bonds is 5. The lowest BCUT2D eigenvalue weighted by Gasteiger charge is -2.11. The first-order valence-electron chi connectivity index (χ1n) is 21.9. The maximum Gasteiger partial charge on any atom is 0.164 e. The fraction of sp³-hybridized carbons (Fsp3) is 0.0172. The predicted octanol–water partition coefficient (Wildman–Crippen LogP) is 14.8. The maximum atomic E-state index is 10.8. The molecule has 1 aliphatic rings. The Bertz CT molecular complexity index is 4280. The van der Waals surface area contributed by atoms with Crippen LogP contribution >= 0.6 is 0 Å². The van der Waals surface area contributed by atoms with Crippen LogP contribution in [0.3, 0.4) is 0 Å². The average molecular weight is 833 g/mol. The highest BCUT2D eigenvalue weighted by Gasteiger charge is 2.30. The predicted molar refractivity (Wildman–Crippen MR) is 261 cm³/mol. The van der Waals surface area contributed by atoms with Gasteiger partial charge in [-0.05, 0) is 105 Å². The van der Waals surface area contributed by atoms with E-state index in [-0.39, 0.29) is 5.75 Å². The molecule has 15 rings (SSSR count). The minimum Gasteiger partial charge on any atom is -0.507 e. The van der Waals surface area contributed by atoms with Gasteiger partial charge in [0.15, 0.2) is 17.5 Å². The van der Waals surface area contributed by atoms with Crippen molar-refractivity contribution < 1.29 is 13.9 Å². The van der Waals surface area contributed by atoms with E-state index in [0.29, 0.717) is 17.5 Å². The van der Waals surface area contributed by atoms with E-state index >= 15 is 0 Å². The molecule has 0 amide bonds. The molecule has 7 nitrogen and oxygen atoms in total. The van der Waals surface area contributed by atoms with Gasteiger partial charge < -0.3 is 18.5 Å². The van der Waals surface area contributed by atoms with Gasteiger partial charge in [0.2, 0.25) is 0 Å². The second kappa shape index (κ2) is 12.6. The minimum absolute atomic E-state index is 0.264. The number of phenolic OH excluding ortho intramolecular Hbond substituents is 1. The number of aromatic nitrogens is 4. The van der Waals surface area contributed by atoms with Crippen LogP contribution in [0.15, 0.2) is 185 Å². The Labute approximate surface area is 369 Å². The van der Waals surface area contributed by atoms with Gasteiger partial charge in [-0.15, -0.1) is 0 Å². The van der Waals surface area contributed by atoms with Crippen molar-refractivity contribution in [2.24, 2.45) is 0 Å². The molecule has 0 bridgehead atoms. The van der Waals surface area contributed by atoms with Crippen molar-refractivity contribution in [1.29, 1.82) is 0 Å². The van der Waals surface area contributed by atoms with Gasteiger partial charge in [0, 0.05) is 60.3 Å². The van der Waals surface area contributed by atoms with Crippen molar-refractivity contribution in [3.05, 3.63) is 187 Å². The first-order chi connectivity index (χ1) is 32.1. The average Bonchev–Trinajstić information content (AvgIpc) is 3.78. The Morgan fingerprint density at radius 1 is 0.385 bits per heavy atom. The molecule has 0 unspecified atom stereocenters. The van der Waals surface area contributed by atoms with Gasteiger partial charge in [-0.1, -0.05) is 115 Å². The van der Waals surface area contributed by atoms with Crippen LogP contribution in [-0.4, -0.2) is 24.6 Å². The fourth-order valence-electron chi connectivity index (χ4n) is 10.7. The van der Waals surface area contributed by atoms with Crippen LogP contribution in [0, 0.1) is 0 Å². The van der Waals surface area contributed by atoms with Gasteiger partial charge in [0.05, 0.1) is 11.0 Å². The molecule has 4 heterocycles.